The van der Waals surface area contributed by atoms with Gasteiger partial charge in [0.1, 0.15) is 13.2 Å². The third-order valence-electron chi connectivity index (χ3n) is 9.71. The van der Waals surface area contributed by atoms with Gasteiger partial charge in [0.2, 0.25) is 0 Å². The van der Waals surface area contributed by atoms with Gasteiger partial charge >= 0.3 is 17.9 Å². The molecule has 0 aromatic carbocycles. The van der Waals surface area contributed by atoms with Crippen molar-refractivity contribution in [1.82, 2.24) is 0 Å². The van der Waals surface area contributed by atoms with Crippen LogP contribution >= 0.6 is 0 Å². The molecule has 0 amide bonds. The van der Waals surface area contributed by atoms with Gasteiger partial charge in [0.25, 0.3) is 0 Å². The fourth-order valence-corrected chi connectivity index (χ4v) is 6.19. The van der Waals surface area contributed by atoms with E-state index in [0.29, 0.717) is 19.3 Å². The summed E-state index contributed by atoms with van der Waals surface area (Å²) in [5.41, 5.74) is 0. The standard InChI is InChI=1S/C53H86O6/c1-4-7-10-13-16-19-22-24-26-28-31-34-37-40-43-46-52(55)58-49-50(48-57-51(54)45-42-39-36-33-30-21-18-15-12-9-6-3)59-53(56)47-44-41-38-35-32-29-27-25-23-20-17-14-11-8-5-2/h7,9-10,12-13,16,18-19,21-22,24,26,28,31,33,36,50H,4-6,8,11,14-15,17,20,23,25,27,29-30,32,34-35,37-49H2,1-3H3/b10-7-,12-9-,16-13-,21-18-,22-19-,26-24-,31-28-,36-33-. The number of carbonyl (C=O) groups is 3. The first-order chi connectivity index (χ1) is 29.0. The van der Waals surface area contributed by atoms with Crippen molar-refractivity contribution in [2.75, 3.05) is 13.2 Å². The Balaban J connectivity index is 4.51. The van der Waals surface area contributed by atoms with E-state index in [1.807, 2.05) is 48.6 Å². The van der Waals surface area contributed by atoms with Gasteiger partial charge in [0, 0.05) is 19.3 Å². The van der Waals surface area contributed by atoms with Crippen molar-refractivity contribution in [2.24, 2.45) is 0 Å². The van der Waals surface area contributed by atoms with Crippen LogP contribution in [0.3, 0.4) is 0 Å². The molecule has 0 aliphatic rings. The number of carbonyl (C=O) groups excluding carboxylic acids is 3. The minimum atomic E-state index is -0.812. The van der Waals surface area contributed by atoms with Gasteiger partial charge in [-0.15, -0.1) is 0 Å². The largest absolute Gasteiger partial charge is 0.462 e. The Morgan fingerprint density at radius 1 is 0.373 bits per heavy atom. The maximum absolute atomic E-state index is 12.8. The SMILES string of the molecule is CC\C=C/C=C\C=C/C=C\C=C/CCCCCC(=O)OCC(COC(=O)CCC/C=C\C/C=C\C/C=C\CC)OC(=O)CCCCCCCCCCCCCCCCC. The molecule has 0 aromatic heterocycles. The average Bonchev–Trinajstić information content (AvgIpc) is 3.23. The van der Waals surface area contributed by atoms with Crippen molar-refractivity contribution >= 4 is 17.9 Å². The van der Waals surface area contributed by atoms with Gasteiger partial charge in [-0.05, 0) is 64.2 Å². The van der Waals surface area contributed by atoms with Crippen LogP contribution in [0.2, 0.25) is 0 Å². The van der Waals surface area contributed by atoms with E-state index in [0.717, 1.165) is 77.0 Å². The molecular formula is C53H86O6. The summed E-state index contributed by atoms with van der Waals surface area (Å²) in [6.45, 7) is 6.28. The molecule has 0 bridgehead atoms. The second-order valence-corrected chi connectivity index (χ2v) is 15.4. The summed E-state index contributed by atoms with van der Waals surface area (Å²) < 4.78 is 16.7. The Morgan fingerprint density at radius 3 is 1.29 bits per heavy atom. The molecule has 1 atom stereocenters. The van der Waals surface area contributed by atoms with Crippen LogP contribution in [-0.4, -0.2) is 37.2 Å². The normalized spacial score (nSPS) is 12.9. The zero-order chi connectivity index (χ0) is 43.0. The third kappa shape index (κ3) is 45.3. The molecule has 59 heavy (non-hydrogen) atoms. The highest BCUT2D eigenvalue weighted by atomic mass is 16.6. The highest BCUT2D eigenvalue weighted by molar-refractivity contribution is 5.71. The molecule has 1 unspecified atom stereocenters. The van der Waals surface area contributed by atoms with Crippen LogP contribution in [0.1, 0.15) is 201 Å². The quantitative estimate of drug-likeness (QED) is 0.0201. The number of hydrogen-bond donors (Lipinski definition) is 0. The molecule has 0 aromatic rings. The smallest absolute Gasteiger partial charge is 0.306 e. The molecule has 0 fully saturated rings. The van der Waals surface area contributed by atoms with E-state index in [4.69, 9.17) is 14.2 Å². The summed E-state index contributed by atoms with van der Waals surface area (Å²) in [4.78, 5) is 37.8. The molecule has 0 heterocycles. The van der Waals surface area contributed by atoms with Crippen LogP contribution in [0.4, 0.5) is 0 Å². The predicted octanol–water partition coefficient (Wildman–Crippen LogP) is 15.4. The van der Waals surface area contributed by atoms with Gasteiger partial charge in [0.15, 0.2) is 6.10 Å². The molecule has 0 aliphatic carbocycles. The van der Waals surface area contributed by atoms with Crippen molar-refractivity contribution in [3.8, 4) is 0 Å². The number of unbranched alkanes of at least 4 members (excludes halogenated alkanes) is 18. The fraction of sp³-hybridized carbons (Fsp3) is 0.642. The molecule has 6 nitrogen and oxygen atoms in total. The van der Waals surface area contributed by atoms with Crippen molar-refractivity contribution in [1.29, 1.82) is 0 Å². The molecule has 0 rings (SSSR count). The molecule has 0 spiro atoms. The molecule has 0 N–H and O–H groups in total. The zero-order valence-electron chi connectivity index (χ0n) is 38.0. The number of hydrogen-bond acceptors (Lipinski definition) is 6. The Morgan fingerprint density at radius 2 is 0.763 bits per heavy atom. The second kappa shape index (κ2) is 47.0. The summed E-state index contributed by atoms with van der Waals surface area (Å²) in [5, 5.41) is 0. The Bertz CT molecular complexity index is 1220. The number of rotatable bonds is 41. The highest BCUT2D eigenvalue weighted by Gasteiger charge is 2.19. The summed E-state index contributed by atoms with van der Waals surface area (Å²) in [6, 6.07) is 0. The van der Waals surface area contributed by atoms with Gasteiger partial charge in [-0.1, -0.05) is 214 Å². The summed E-state index contributed by atoms with van der Waals surface area (Å²) >= 11 is 0. The summed E-state index contributed by atoms with van der Waals surface area (Å²) in [6.07, 6.45) is 61.1. The predicted molar refractivity (Wildman–Crippen MR) is 251 cm³/mol. The molecule has 0 radical (unpaired) electrons. The van der Waals surface area contributed by atoms with Gasteiger partial charge in [-0.25, -0.2) is 0 Å². The van der Waals surface area contributed by atoms with E-state index < -0.39 is 6.10 Å². The molecule has 0 saturated heterocycles. The zero-order valence-corrected chi connectivity index (χ0v) is 38.0. The van der Waals surface area contributed by atoms with Crippen LogP contribution in [-0.2, 0) is 28.6 Å². The highest BCUT2D eigenvalue weighted by Crippen LogP contribution is 2.15. The van der Waals surface area contributed by atoms with Gasteiger partial charge < -0.3 is 14.2 Å². The van der Waals surface area contributed by atoms with Crippen molar-refractivity contribution < 1.29 is 28.6 Å². The first-order valence-electron chi connectivity index (χ1n) is 23.8. The van der Waals surface area contributed by atoms with Gasteiger partial charge in [-0.3, -0.25) is 14.4 Å². The third-order valence-corrected chi connectivity index (χ3v) is 9.71. The van der Waals surface area contributed by atoms with Crippen LogP contribution in [0.15, 0.2) is 97.2 Å². The van der Waals surface area contributed by atoms with Crippen molar-refractivity contribution in [3.63, 3.8) is 0 Å². The minimum absolute atomic E-state index is 0.115. The number of ether oxygens (including phenoxy) is 3. The lowest BCUT2D eigenvalue weighted by Gasteiger charge is -2.18. The first kappa shape index (κ1) is 55.3. The van der Waals surface area contributed by atoms with Crippen LogP contribution in [0, 0.1) is 0 Å². The van der Waals surface area contributed by atoms with E-state index in [1.54, 1.807) is 0 Å². The lowest BCUT2D eigenvalue weighted by molar-refractivity contribution is -0.167. The fourth-order valence-electron chi connectivity index (χ4n) is 6.19. The summed E-state index contributed by atoms with van der Waals surface area (Å²) in [5.74, 6) is -1.01. The monoisotopic (exact) mass is 819 g/mol. The molecular weight excluding hydrogens is 733 g/mol. The second-order valence-electron chi connectivity index (χ2n) is 15.4. The van der Waals surface area contributed by atoms with Gasteiger partial charge in [0.05, 0.1) is 0 Å². The topological polar surface area (TPSA) is 78.9 Å². The lowest BCUT2D eigenvalue weighted by atomic mass is 10.0. The van der Waals surface area contributed by atoms with Gasteiger partial charge in [-0.2, -0.15) is 0 Å². The maximum atomic E-state index is 12.8. The average molecular weight is 819 g/mol. The first-order valence-corrected chi connectivity index (χ1v) is 23.8. The lowest BCUT2D eigenvalue weighted by Crippen LogP contribution is -2.30. The van der Waals surface area contributed by atoms with E-state index in [1.165, 1.54) is 77.0 Å². The van der Waals surface area contributed by atoms with E-state index in [2.05, 4.69) is 69.4 Å². The Labute approximate surface area is 362 Å². The molecule has 334 valence electrons. The van der Waals surface area contributed by atoms with Crippen molar-refractivity contribution in [2.45, 2.75) is 207 Å². The van der Waals surface area contributed by atoms with Crippen LogP contribution in [0.5, 0.6) is 0 Å². The van der Waals surface area contributed by atoms with E-state index >= 15 is 0 Å². The summed E-state index contributed by atoms with van der Waals surface area (Å²) in [7, 11) is 0. The molecule has 6 heteroatoms. The van der Waals surface area contributed by atoms with Crippen molar-refractivity contribution in [3.05, 3.63) is 97.2 Å². The minimum Gasteiger partial charge on any atom is -0.462 e. The Hall–Kier alpha value is -3.67. The molecule has 0 aliphatic heterocycles. The Kier molecular flexibility index (Phi) is 44.1. The van der Waals surface area contributed by atoms with E-state index in [-0.39, 0.29) is 37.5 Å². The van der Waals surface area contributed by atoms with Crippen LogP contribution in [0.25, 0.3) is 0 Å². The maximum Gasteiger partial charge on any atom is 0.306 e. The number of allylic oxidation sites excluding steroid dienone is 16. The van der Waals surface area contributed by atoms with Crippen LogP contribution < -0.4 is 0 Å². The van der Waals surface area contributed by atoms with E-state index in [9.17, 15) is 14.4 Å². The number of esters is 3. The molecule has 0 saturated carbocycles.